The Morgan fingerprint density at radius 2 is 1.97 bits per heavy atom. The molecule has 2 heterocycles. The molecule has 5 rings (SSSR count). The highest BCUT2D eigenvalue weighted by Gasteiger charge is 2.51. The van der Waals surface area contributed by atoms with Crippen molar-refractivity contribution in [3.63, 3.8) is 0 Å². The summed E-state index contributed by atoms with van der Waals surface area (Å²) in [5.74, 6) is 1.17. The molecule has 9 heteroatoms. The molecule has 0 bridgehead atoms. The van der Waals surface area contributed by atoms with E-state index in [-0.39, 0.29) is 28.3 Å². The van der Waals surface area contributed by atoms with E-state index in [0.717, 1.165) is 15.9 Å². The molecule has 8 nitrogen and oxygen atoms in total. The van der Waals surface area contributed by atoms with E-state index in [4.69, 9.17) is 6.42 Å². The van der Waals surface area contributed by atoms with E-state index in [1.165, 1.54) is 19.2 Å². The van der Waals surface area contributed by atoms with Crippen molar-refractivity contribution >= 4 is 34.7 Å². The van der Waals surface area contributed by atoms with Crippen molar-refractivity contribution in [3.8, 4) is 12.3 Å². The van der Waals surface area contributed by atoms with Crippen LogP contribution in [0.25, 0.3) is 11.0 Å². The number of benzene rings is 3. The molecule has 1 atom stereocenters. The zero-order valence-electron chi connectivity index (χ0n) is 17.8. The highest BCUT2D eigenvalue weighted by Crippen LogP contribution is 2.46. The molecule has 0 saturated carbocycles. The number of aliphatic hydroxyl groups is 1. The molecule has 0 aliphatic carbocycles. The highest BCUT2D eigenvalue weighted by molar-refractivity contribution is 6.12. The number of aromatic amines is 1. The van der Waals surface area contributed by atoms with Crippen LogP contribution in [0.5, 0.6) is 0 Å². The molecule has 1 aromatic heterocycles. The summed E-state index contributed by atoms with van der Waals surface area (Å²) < 4.78 is 15.0. The third kappa shape index (κ3) is 2.93. The number of imidazole rings is 1. The summed E-state index contributed by atoms with van der Waals surface area (Å²) in [4.78, 5) is 33.8. The summed E-state index contributed by atoms with van der Waals surface area (Å²) in [5.41, 5.74) is -0.303. The number of amides is 2. The Bertz CT molecular complexity index is 1540. The first-order chi connectivity index (χ1) is 16.3. The van der Waals surface area contributed by atoms with Crippen molar-refractivity contribution in [1.29, 1.82) is 0 Å². The number of nitrogens with one attached hydrogen (secondary N) is 1. The van der Waals surface area contributed by atoms with E-state index >= 15 is 0 Å². The Labute approximate surface area is 192 Å². The number of fused-ring (bicyclic) bond motifs is 2. The van der Waals surface area contributed by atoms with Crippen molar-refractivity contribution in [2.75, 3.05) is 16.8 Å². The lowest BCUT2D eigenvalue weighted by Crippen LogP contribution is -2.45. The molecule has 34 heavy (non-hydrogen) atoms. The Morgan fingerprint density at radius 3 is 2.71 bits per heavy atom. The maximum Gasteiger partial charge on any atom is 0.413 e. The largest absolute Gasteiger partial charge is 0.465 e. The topological polar surface area (TPSA) is 110 Å². The predicted octanol–water partition coefficient (Wildman–Crippen LogP) is 3.65. The van der Waals surface area contributed by atoms with Gasteiger partial charge >= 0.3 is 6.09 Å². The third-order valence-corrected chi connectivity index (χ3v) is 5.89. The molecular weight excluding hydrogens is 439 g/mol. The van der Waals surface area contributed by atoms with Crippen LogP contribution in [0.4, 0.5) is 20.8 Å². The zero-order chi connectivity index (χ0) is 24.2. The number of hydrogen-bond donors (Lipinski definition) is 3. The standard InChI is InChI=1S/C25H17FN4O4/c1-3-14-8-10-18(26)21(12-14)30-22(31)16-6-4-5-7-17(16)25(30,34)15-9-11-19-20(13-15)28-23(27-19)29(2)24(32)33/h1,4-13,34H,2H3,(H,27,28)(H,32,33). The number of rotatable bonds is 3. The first kappa shape index (κ1) is 21.2. The summed E-state index contributed by atoms with van der Waals surface area (Å²) >= 11 is 0. The molecule has 0 spiro atoms. The van der Waals surface area contributed by atoms with Gasteiger partial charge in [-0.3, -0.25) is 14.6 Å². The van der Waals surface area contributed by atoms with Crippen molar-refractivity contribution in [2.45, 2.75) is 5.72 Å². The van der Waals surface area contributed by atoms with Crippen LogP contribution in [-0.2, 0) is 5.72 Å². The smallest absolute Gasteiger partial charge is 0.413 e. The Balaban J connectivity index is 1.74. The van der Waals surface area contributed by atoms with E-state index in [0.29, 0.717) is 16.6 Å². The molecule has 4 aromatic rings. The quantitative estimate of drug-likeness (QED) is 0.408. The normalized spacial score (nSPS) is 17.0. The number of H-pyrrole nitrogens is 1. The van der Waals surface area contributed by atoms with Crippen molar-refractivity contribution in [3.05, 3.63) is 88.7 Å². The number of aromatic nitrogens is 2. The van der Waals surface area contributed by atoms with E-state index in [2.05, 4.69) is 15.9 Å². The number of carboxylic acid groups (broad SMARTS) is 1. The van der Waals surface area contributed by atoms with Gasteiger partial charge in [-0.25, -0.2) is 14.2 Å². The molecule has 1 unspecified atom stereocenters. The molecule has 2 amide bonds. The molecule has 0 radical (unpaired) electrons. The molecule has 3 N–H and O–H groups in total. The molecule has 168 valence electrons. The summed E-state index contributed by atoms with van der Waals surface area (Å²) in [6.45, 7) is 0. The van der Waals surface area contributed by atoms with Crippen LogP contribution in [0.15, 0.2) is 60.7 Å². The lowest BCUT2D eigenvalue weighted by atomic mass is 9.93. The zero-order valence-corrected chi connectivity index (χ0v) is 17.8. The van der Waals surface area contributed by atoms with Crippen LogP contribution in [0.3, 0.4) is 0 Å². The minimum Gasteiger partial charge on any atom is -0.465 e. The second kappa shape index (κ2) is 7.43. The van der Waals surface area contributed by atoms with Crippen LogP contribution in [0, 0.1) is 18.2 Å². The van der Waals surface area contributed by atoms with Crippen LogP contribution < -0.4 is 9.80 Å². The first-order valence-corrected chi connectivity index (χ1v) is 10.1. The number of carbonyl (C=O) groups excluding carboxylic acids is 1. The number of hydrogen-bond acceptors (Lipinski definition) is 4. The first-order valence-electron chi connectivity index (χ1n) is 10.1. The van der Waals surface area contributed by atoms with Gasteiger partial charge in [0.2, 0.25) is 5.95 Å². The van der Waals surface area contributed by atoms with E-state index < -0.39 is 23.5 Å². The average molecular weight is 456 g/mol. The van der Waals surface area contributed by atoms with Crippen LogP contribution in [-0.4, -0.2) is 39.2 Å². The van der Waals surface area contributed by atoms with Crippen molar-refractivity contribution in [1.82, 2.24) is 9.97 Å². The van der Waals surface area contributed by atoms with Gasteiger partial charge in [-0.1, -0.05) is 30.2 Å². The van der Waals surface area contributed by atoms with Gasteiger partial charge in [0.15, 0.2) is 5.72 Å². The lowest BCUT2D eigenvalue weighted by Gasteiger charge is -2.35. The SMILES string of the molecule is C#Cc1ccc(F)c(N2C(=O)c3ccccc3C2(O)c2ccc3nc(N(C)C(=O)O)[nH]c3c2)c1. The predicted molar refractivity (Wildman–Crippen MR) is 123 cm³/mol. The van der Waals surface area contributed by atoms with Crippen LogP contribution in [0.1, 0.15) is 27.0 Å². The molecule has 1 aliphatic rings. The van der Waals surface area contributed by atoms with Crippen molar-refractivity contribution in [2.24, 2.45) is 0 Å². The minimum absolute atomic E-state index is 0.0826. The van der Waals surface area contributed by atoms with E-state index in [1.807, 2.05) is 0 Å². The minimum atomic E-state index is -2.07. The molecule has 0 saturated heterocycles. The van der Waals surface area contributed by atoms with Crippen molar-refractivity contribution < 1.29 is 24.2 Å². The second-order valence-electron chi connectivity index (χ2n) is 7.80. The van der Waals surface area contributed by atoms with Crippen LogP contribution in [0.2, 0.25) is 0 Å². The summed E-state index contributed by atoms with van der Waals surface area (Å²) in [7, 11) is 1.34. The summed E-state index contributed by atoms with van der Waals surface area (Å²) in [6, 6.07) is 15.0. The van der Waals surface area contributed by atoms with Gasteiger partial charge in [-0.15, -0.1) is 6.42 Å². The Kier molecular flexibility index (Phi) is 4.63. The van der Waals surface area contributed by atoms with Gasteiger partial charge in [0.25, 0.3) is 5.91 Å². The van der Waals surface area contributed by atoms with Crippen LogP contribution >= 0.6 is 0 Å². The van der Waals surface area contributed by atoms with Gasteiger partial charge < -0.3 is 15.2 Å². The Morgan fingerprint density at radius 1 is 1.21 bits per heavy atom. The average Bonchev–Trinajstić information content (AvgIpc) is 3.36. The van der Waals surface area contributed by atoms with E-state index in [9.17, 15) is 24.2 Å². The number of halogens is 1. The highest BCUT2D eigenvalue weighted by atomic mass is 19.1. The summed E-state index contributed by atoms with van der Waals surface area (Å²) in [6.07, 6.45) is 4.27. The van der Waals surface area contributed by atoms with Gasteiger partial charge in [0.05, 0.1) is 16.7 Å². The summed E-state index contributed by atoms with van der Waals surface area (Å²) in [5, 5.41) is 21.3. The number of anilines is 2. The third-order valence-electron chi connectivity index (χ3n) is 5.89. The lowest BCUT2D eigenvalue weighted by molar-refractivity contribution is 0.0699. The maximum absolute atomic E-state index is 15.0. The molecular formula is C25H17FN4O4. The molecule has 3 aromatic carbocycles. The fraction of sp³-hybridized carbons (Fsp3) is 0.0800. The molecule has 1 aliphatic heterocycles. The number of carbonyl (C=O) groups is 2. The molecule has 0 fully saturated rings. The Hall–Kier alpha value is -4.68. The monoisotopic (exact) mass is 456 g/mol. The number of terminal acetylenes is 1. The second-order valence-corrected chi connectivity index (χ2v) is 7.80. The fourth-order valence-electron chi connectivity index (χ4n) is 4.17. The van der Waals surface area contributed by atoms with Gasteiger partial charge in [0.1, 0.15) is 5.82 Å². The van der Waals surface area contributed by atoms with Gasteiger partial charge in [0, 0.05) is 29.3 Å². The maximum atomic E-state index is 15.0. The van der Waals surface area contributed by atoms with Gasteiger partial charge in [-0.2, -0.15) is 0 Å². The van der Waals surface area contributed by atoms with E-state index in [1.54, 1.807) is 42.5 Å². The number of nitrogens with zero attached hydrogens (tertiary/aromatic N) is 3. The van der Waals surface area contributed by atoms with Gasteiger partial charge in [-0.05, 0) is 36.4 Å². The fourth-order valence-corrected chi connectivity index (χ4v) is 4.17.